The summed E-state index contributed by atoms with van der Waals surface area (Å²) in [5.41, 5.74) is 2.27. The van der Waals surface area contributed by atoms with Gasteiger partial charge < -0.3 is 4.90 Å². The fourth-order valence-electron chi connectivity index (χ4n) is 2.19. The summed E-state index contributed by atoms with van der Waals surface area (Å²) in [6.45, 7) is 3.73. The van der Waals surface area contributed by atoms with Crippen molar-refractivity contribution in [1.29, 1.82) is 0 Å². The molecular formula is C17H18FNO. The molecule has 0 fully saturated rings. The van der Waals surface area contributed by atoms with Crippen LogP contribution in [0.3, 0.4) is 0 Å². The van der Waals surface area contributed by atoms with Crippen LogP contribution in [0.15, 0.2) is 48.5 Å². The molecule has 0 radical (unpaired) electrons. The maximum Gasteiger partial charge on any atom is 0.254 e. The van der Waals surface area contributed by atoms with Crippen molar-refractivity contribution in [2.45, 2.75) is 19.9 Å². The number of aryl methyl sites for hydroxylation is 1. The minimum atomic E-state index is -0.321. The van der Waals surface area contributed by atoms with Crippen molar-refractivity contribution < 1.29 is 9.18 Å². The number of halogens is 1. The minimum Gasteiger partial charge on any atom is -0.335 e. The van der Waals surface area contributed by atoms with Gasteiger partial charge in [0.05, 0.1) is 6.04 Å². The SMILES string of the molecule is Cc1cc(F)ccc1C(=O)N(C)C(C)c1ccccc1. The van der Waals surface area contributed by atoms with E-state index in [1.54, 1.807) is 24.9 Å². The molecule has 2 nitrogen and oxygen atoms in total. The predicted molar refractivity (Wildman–Crippen MR) is 78.1 cm³/mol. The van der Waals surface area contributed by atoms with Crippen LogP contribution in [0.5, 0.6) is 0 Å². The first-order valence-electron chi connectivity index (χ1n) is 6.59. The van der Waals surface area contributed by atoms with Crippen LogP contribution in [0.4, 0.5) is 4.39 Å². The van der Waals surface area contributed by atoms with Crippen molar-refractivity contribution in [3.8, 4) is 0 Å². The van der Waals surface area contributed by atoms with Crippen molar-refractivity contribution in [1.82, 2.24) is 4.90 Å². The van der Waals surface area contributed by atoms with Gasteiger partial charge in [-0.25, -0.2) is 4.39 Å². The zero-order valence-electron chi connectivity index (χ0n) is 11.9. The van der Waals surface area contributed by atoms with Crippen LogP contribution in [0.2, 0.25) is 0 Å². The summed E-state index contributed by atoms with van der Waals surface area (Å²) in [5, 5.41) is 0. The van der Waals surface area contributed by atoms with E-state index in [-0.39, 0.29) is 17.8 Å². The van der Waals surface area contributed by atoms with Crippen molar-refractivity contribution >= 4 is 5.91 Å². The molecule has 0 saturated heterocycles. The Morgan fingerprint density at radius 1 is 1.15 bits per heavy atom. The largest absolute Gasteiger partial charge is 0.335 e. The van der Waals surface area contributed by atoms with E-state index in [0.29, 0.717) is 11.1 Å². The summed E-state index contributed by atoms with van der Waals surface area (Å²) in [7, 11) is 1.77. The zero-order valence-corrected chi connectivity index (χ0v) is 11.9. The molecule has 1 unspecified atom stereocenters. The van der Waals surface area contributed by atoms with Crippen LogP contribution >= 0.6 is 0 Å². The lowest BCUT2D eigenvalue weighted by atomic mass is 10.0. The first-order valence-corrected chi connectivity index (χ1v) is 6.59. The molecule has 0 heterocycles. The molecule has 0 spiro atoms. The molecule has 0 aliphatic heterocycles. The molecule has 0 aliphatic rings. The summed E-state index contributed by atoms with van der Waals surface area (Å²) in [6.07, 6.45) is 0. The van der Waals surface area contributed by atoms with Crippen molar-refractivity contribution in [2.24, 2.45) is 0 Å². The van der Waals surface area contributed by atoms with Gasteiger partial charge in [-0.1, -0.05) is 30.3 Å². The molecule has 2 rings (SSSR count). The van der Waals surface area contributed by atoms with Crippen molar-refractivity contribution in [3.05, 3.63) is 71.0 Å². The van der Waals surface area contributed by atoms with Gasteiger partial charge in [-0.15, -0.1) is 0 Å². The van der Waals surface area contributed by atoms with Gasteiger partial charge in [-0.3, -0.25) is 4.79 Å². The molecule has 0 bridgehead atoms. The molecule has 2 aromatic carbocycles. The lowest BCUT2D eigenvalue weighted by Gasteiger charge is -2.26. The molecule has 3 heteroatoms. The molecule has 0 aliphatic carbocycles. The number of amides is 1. The first-order chi connectivity index (χ1) is 9.50. The van der Waals surface area contributed by atoms with E-state index in [9.17, 15) is 9.18 Å². The van der Waals surface area contributed by atoms with Gasteiger partial charge in [0.25, 0.3) is 5.91 Å². The molecule has 0 saturated carbocycles. The van der Waals surface area contributed by atoms with Gasteiger partial charge in [0, 0.05) is 12.6 Å². The van der Waals surface area contributed by atoms with Crippen molar-refractivity contribution in [2.75, 3.05) is 7.05 Å². The molecule has 104 valence electrons. The van der Waals surface area contributed by atoms with E-state index in [2.05, 4.69) is 0 Å². The molecule has 20 heavy (non-hydrogen) atoms. The number of carbonyl (C=O) groups is 1. The Labute approximate surface area is 118 Å². The van der Waals surface area contributed by atoms with Gasteiger partial charge in [0.15, 0.2) is 0 Å². The fraction of sp³-hybridized carbons (Fsp3) is 0.235. The van der Waals surface area contributed by atoms with E-state index < -0.39 is 0 Å². The second-order valence-electron chi connectivity index (χ2n) is 4.96. The third-order valence-electron chi connectivity index (χ3n) is 3.60. The van der Waals surface area contributed by atoms with Gasteiger partial charge >= 0.3 is 0 Å². The highest BCUT2D eigenvalue weighted by molar-refractivity contribution is 5.95. The van der Waals surface area contributed by atoms with Gasteiger partial charge in [0.1, 0.15) is 5.82 Å². The Bertz CT molecular complexity index is 610. The number of benzene rings is 2. The third-order valence-corrected chi connectivity index (χ3v) is 3.60. The van der Waals surface area contributed by atoms with E-state index in [4.69, 9.17) is 0 Å². The zero-order chi connectivity index (χ0) is 14.7. The molecule has 1 amide bonds. The number of nitrogens with zero attached hydrogens (tertiary/aromatic N) is 1. The molecule has 0 N–H and O–H groups in total. The molecule has 2 aromatic rings. The van der Waals surface area contributed by atoms with Crippen LogP contribution in [-0.2, 0) is 0 Å². The second-order valence-corrected chi connectivity index (χ2v) is 4.96. The van der Waals surface area contributed by atoms with Crippen LogP contribution in [0, 0.1) is 12.7 Å². The summed E-state index contributed by atoms with van der Waals surface area (Å²) >= 11 is 0. The molecule has 1 atom stereocenters. The number of hydrogen-bond acceptors (Lipinski definition) is 1. The number of rotatable bonds is 3. The molecular weight excluding hydrogens is 253 g/mol. The van der Waals surface area contributed by atoms with E-state index in [0.717, 1.165) is 5.56 Å². The number of hydrogen-bond donors (Lipinski definition) is 0. The lowest BCUT2D eigenvalue weighted by Crippen LogP contribution is -2.30. The highest BCUT2D eigenvalue weighted by atomic mass is 19.1. The fourth-order valence-corrected chi connectivity index (χ4v) is 2.19. The van der Waals surface area contributed by atoms with E-state index in [1.807, 2.05) is 37.3 Å². The average Bonchev–Trinajstić information content (AvgIpc) is 2.46. The Morgan fingerprint density at radius 3 is 2.40 bits per heavy atom. The third kappa shape index (κ3) is 2.87. The van der Waals surface area contributed by atoms with Crippen LogP contribution in [0.1, 0.15) is 34.5 Å². The second kappa shape index (κ2) is 5.87. The number of carbonyl (C=O) groups excluding carboxylic acids is 1. The van der Waals surface area contributed by atoms with Crippen LogP contribution in [0.25, 0.3) is 0 Å². The maximum atomic E-state index is 13.1. The lowest BCUT2D eigenvalue weighted by molar-refractivity contribution is 0.0742. The first kappa shape index (κ1) is 14.3. The standard InChI is InChI=1S/C17H18FNO/c1-12-11-15(18)9-10-16(12)17(20)19(3)13(2)14-7-5-4-6-8-14/h4-11,13H,1-3H3. The Balaban J connectivity index is 2.24. The Hall–Kier alpha value is -2.16. The maximum absolute atomic E-state index is 13.1. The summed E-state index contributed by atoms with van der Waals surface area (Å²) < 4.78 is 13.1. The van der Waals surface area contributed by atoms with Crippen LogP contribution in [-0.4, -0.2) is 17.9 Å². The summed E-state index contributed by atoms with van der Waals surface area (Å²) in [6, 6.07) is 14.0. The van der Waals surface area contributed by atoms with Crippen LogP contribution < -0.4 is 0 Å². The van der Waals surface area contributed by atoms with Gasteiger partial charge in [-0.2, -0.15) is 0 Å². The van der Waals surface area contributed by atoms with E-state index >= 15 is 0 Å². The normalized spacial score (nSPS) is 12.0. The smallest absolute Gasteiger partial charge is 0.254 e. The van der Waals surface area contributed by atoms with Gasteiger partial charge in [0.2, 0.25) is 0 Å². The van der Waals surface area contributed by atoms with Crippen molar-refractivity contribution in [3.63, 3.8) is 0 Å². The highest BCUT2D eigenvalue weighted by Gasteiger charge is 2.20. The summed E-state index contributed by atoms with van der Waals surface area (Å²) in [4.78, 5) is 14.2. The minimum absolute atomic E-state index is 0.0341. The predicted octanol–water partition coefficient (Wildman–Crippen LogP) is 3.97. The molecule has 0 aromatic heterocycles. The Kier molecular flexibility index (Phi) is 4.18. The monoisotopic (exact) mass is 271 g/mol. The topological polar surface area (TPSA) is 20.3 Å². The Morgan fingerprint density at radius 2 is 1.80 bits per heavy atom. The summed E-state index contributed by atoms with van der Waals surface area (Å²) in [5.74, 6) is -0.420. The van der Waals surface area contributed by atoms with E-state index in [1.165, 1.54) is 12.1 Å². The average molecular weight is 271 g/mol. The highest BCUT2D eigenvalue weighted by Crippen LogP contribution is 2.21. The van der Waals surface area contributed by atoms with Gasteiger partial charge in [-0.05, 0) is 43.2 Å². The quantitative estimate of drug-likeness (QED) is 0.827.